The molecule has 0 bridgehead atoms. The van der Waals surface area contributed by atoms with Gasteiger partial charge in [0.2, 0.25) is 0 Å². The van der Waals surface area contributed by atoms with Crippen molar-refractivity contribution < 1.29 is 19.7 Å². The molecule has 1 amide bonds. The molecule has 0 aliphatic rings. The number of rotatable bonds is 6. The van der Waals surface area contributed by atoms with Crippen molar-refractivity contribution >= 4 is 11.8 Å². The van der Waals surface area contributed by atoms with Crippen LogP contribution in [0, 0.1) is 0 Å². The Hall–Kier alpha value is -1.75. The Labute approximate surface area is 132 Å². The van der Waals surface area contributed by atoms with Crippen molar-refractivity contribution in [3.8, 4) is 5.75 Å². The summed E-state index contributed by atoms with van der Waals surface area (Å²) < 4.78 is 5.43. The number of carbonyl (C=O) groups excluding carboxylic acids is 1. The van der Waals surface area contributed by atoms with Crippen LogP contribution in [0.4, 0.5) is 10.5 Å². The fourth-order valence-corrected chi connectivity index (χ4v) is 2.03. The normalized spacial score (nSPS) is 11.3. The molecule has 1 aromatic rings. The van der Waals surface area contributed by atoms with Crippen LogP contribution < -0.4 is 4.90 Å². The van der Waals surface area contributed by atoms with E-state index in [9.17, 15) is 15.0 Å². The first-order chi connectivity index (χ1) is 10.3. The first kappa shape index (κ1) is 18.3. The number of aliphatic hydroxyl groups is 1. The van der Waals surface area contributed by atoms with Crippen molar-refractivity contribution in [2.45, 2.75) is 59.2 Å². The molecular weight excluding hydrogens is 282 g/mol. The van der Waals surface area contributed by atoms with Crippen LogP contribution in [0.1, 0.15) is 52.5 Å². The molecule has 0 aliphatic carbocycles. The smallest absolute Gasteiger partial charge is 0.414 e. The highest BCUT2D eigenvalue weighted by atomic mass is 16.6. The lowest BCUT2D eigenvalue weighted by atomic mass is 10.1. The minimum absolute atomic E-state index is 0.000410. The number of aromatic hydroxyl groups is 1. The van der Waals surface area contributed by atoms with Gasteiger partial charge in [-0.15, -0.1) is 0 Å². The van der Waals surface area contributed by atoms with Crippen molar-refractivity contribution in [3.05, 3.63) is 23.8 Å². The van der Waals surface area contributed by atoms with E-state index in [0.717, 1.165) is 19.3 Å². The Bertz CT molecular complexity index is 494. The Morgan fingerprint density at radius 2 is 1.95 bits per heavy atom. The second-order valence-corrected chi connectivity index (χ2v) is 6.32. The quantitative estimate of drug-likeness (QED) is 0.784. The minimum atomic E-state index is -0.607. The van der Waals surface area contributed by atoms with Gasteiger partial charge in [-0.25, -0.2) is 4.79 Å². The Morgan fingerprint density at radius 3 is 2.50 bits per heavy atom. The lowest BCUT2D eigenvalue weighted by Gasteiger charge is -2.28. The number of benzene rings is 1. The predicted molar refractivity (Wildman–Crippen MR) is 87.1 cm³/mol. The van der Waals surface area contributed by atoms with Gasteiger partial charge in [0.25, 0.3) is 0 Å². The molecular formula is C17H27NO4. The summed E-state index contributed by atoms with van der Waals surface area (Å²) in [5.41, 5.74) is 0.401. The second kappa shape index (κ2) is 8.03. The highest BCUT2D eigenvalue weighted by Gasteiger charge is 2.25. The summed E-state index contributed by atoms with van der Waals surface area (Å²) in [6.07, 6.45) is 2.34. The van der Waals surface area contributed by atoms with E-state index < -0.39 is 11.7 Å². The summed E-state index contributed by atoms with van der Waals surface area (Å²) >= 11 is 0. The number of amides is 1. The summed E-state index contributed by atoms with van der Waals surface area (Å²) in [5, 5.41) is 19.3. The molecule has 0 atom stereocenters. The van der Waals surface area contributed by atoms with Crippen molar-refractivity contribution in [1.82, 2.24) is 0 Å². The zero-order valence-electron chi connectivity index (χ0n) is 13.9. The number of nitrogens with zero attached hydrogens (tertiary/aromatic N) is 1. The zero-order chi connectivity index (χ0) is 16.8. The van der Waals surface area contributed by atoms with E-state index in [4.69, 9.17) is 4.74 Å². The van der Waals surface area contributed by atoms with E-state index in [1.807, 2.05) is 0 Å². The van der Waals surface area contributed by atoms with Gasteiger partial charge in [-0.3, -0.25) is 4.90 Å². The van der Waals surface area contributed by atoms with E-state index in [1.165, 1.54) is 11.0 Å². The van der Waals surface area contributed by atoms with E-state index >= 15 is 0 Å². The number of hydrogen-bond donors (Lipinski definition) is 2. The Balaban J connectivity index is 3.06. The lowest BCUT2D eigenvalue weighted by molar-refractivity contribution is 0.0578. The Kier molecular flexibility index (Phi) is 6.68. The summed E-state index contributed by atoms with van der Waals surface area (Å²) in [5.74, 6) is -0.000410. The number of anilines is 1. The second-order valence-electron chi connectivity index (χ2n) is 6.32. The summed E-state index contributed by atoms with van der Waals surface area (Å²) in [6, 6.07) is 4.72. The maximum Gasteiger partial charge on any atom is 0.414 e. The molecule has 1 rings (SSSR count). The highest BCUT2D eigenvalue weighted by Crippen LogP contribution is 2.30. The first-order valence-electron chi connectivity index (χ1n) is 7.71. The SMILES string of the molecule is CCCCCN(C(=O)OC(C)(C)C)c1cc(CO)ccc1O. The molecule has 0 unspecified atom stereocenters. The third-order valence-electron chi connectivity index (χ3n) is 3.11. The average Bonchev–Trinajstić information content (AvgIpc) is 2.43. The van der Waals surface area contributed by atoms with Crippen LogP contribution in [-0.2, 0) is 11.3 Å². The predicted octanol–water partition coefficient (Wildman–Crippen LogP) is 3.82. The summed E-state index contributed by atoms with van der Waals surface area (Å²) in [7, 11) is 0. The molecule has 22 heavy (non-hydrogen) atoms. The van der Waals surface area contributed by atoms with Gasteiger partial charge < -0.3 is 14.9 Å². The van der Waals surface area contributed by atoms with Gasteiger partial charge in [-0.2, -0.15) is 0 Å². The number of phenols is 1. The molecule has 0 aliphatic heterocycles. The van der Waals surface area contributed by atoms with Gasteiger partial charge in [0.05, 0.1) is 12.3 Å². The number of phenolic OH excluding ortho intramolecular Hbond substituents is 1. The first-order valence-corrected chi connectivity index (χ1v) is 7.71. The minimum Gasteiger partial charge on any atom is -0.506 e. The molecule has 0 heterocycles. The van der Waals surface area contributed by atoms with Crippen molar-refractivity contribution in [2.24, 2.45) is 0 Å². The molecule has 0 saturated heterocycles. The molecule has 124 valence electrons. The largest absolute Gasteiger partial charge is 0.506 e. The molecule has 0 fully saturated rings. The van der Waals surface area contributed by atoms with Crippen molar-refractivity contribution in [3.63, 3.8) is 0 Å². The number of hydrogen-bond acceptors (Lipinski definition) is 4. The average molecular weight is 309 g/mol. The highest BCUT2D eigenvalue weighted by molar-refractivity contribution is 5.89. The molecule has 0 aromatic heterocycles. The van der Waals surface area contributed by atoms with Crippen LogP contribution in [0.25, 0.3) is 0 Å². The molecule has 1 aromatic carbocycles. The van der Waals surface area contributed by atoms with Crippen molar-refractivity contribution in [1.29, 1.82) is 0 Å². The standard InChI is InChI=1S/C17H27NO4/c1-5-6-7-10-18(16(21)22-17(2,3)4)14-11-13(12-19)8-9-15(14)20/h8-9,11,19-20H,5-7,10,12H2,1-4H3. The Morgan fingerprint density at radius 1 is 1.27 bits per heavy atom. The number of aliphatic hydroxyl groups excluding tert-OH is 1. The molecule has 0 saturated carbocycles. The molecule has 5 heteroatoms. The molecule has 2 N–H and O–H groups in total. The van der Waals surface area contributed by atoms with Gasteiger partial charge in [0, 0.05) is 6.54 Å². The summed E-state index contributed by atoms with van der Waals surface area (Å²) in [6.45, 7) is 7.81. The molecule has 5 nitrogen and oxygen atoms in total. The molecule has 0 radical (unpaired) electrons. The number of carbonyl (C=O) groups is 1. The maximum atomic E-state index is 12.4. The number of unbranched alkanes of at least 4 members (excludes halogenated alkanes) is 2. The summed E-state index contributed by atoms with van der Waals surface area (Å²) in [4.78, 5) is 13.9. The van der Waals surface area contributed by atoms with Gasteiger partial charge in [-0.1, -0.05) is 25.8 Å². The van der Waals surface area contributed by atoms with Gasteiger partial charge in [0.15, 0.2) is 0 Å². The van der Waals surface area contributed by atoms with Gasteiger partial charge in [0.1, 0.15) is 11.4 Å². The third kappa shape index (κ3) is 5.56. The maximum absolute atomic E-state index is 12.4. The van der Waals surface area contributed by atoms with E-state index in [0.29, 0.717) is 17.8 Å². The topological polar surface area (TPSA) is 70.0 Å². The van der Waals surface area contributed by atoms with E-state index in [2.05, 4.69) is 6.92 Å². The van der Waals surface area contributed by atoms with E-state index in [-0.39, 0.29) is 12.4 Å². The van der Waals surface area contributed by atoms with Crippen LogP contribution in [0.15, 0.2) is 18.2 Å². The van der Waals surface area contributed by atoms with E-state index in [1.54, 1.807) is 32.9 Å². The van der Waals surface area contributed by atoms with Crippen LogP contribution in [0.2, 0.25) is 0 Å². The zero-order valence-corrected chi connectivity index (χ0v) is 13.9. The van der Waals surface area contributed by atoms with Crippen LogP contribution >= 0.6 is 0 Å². The van der Waals surface area contributed by atoms with Crippen LogP contribution in [0.5, 0.6) is 5.75 Å². The number of ether oxygens (including phenoxy) is 1. The molecule has 0 spiro atoms. The monoisotopic (exact) mass is 309 g/mol. The van der Waals surface area contributed by atoms with Gasteiger partial charge in [-0.05, 0) is 44.9 Å². The fraction of sp³-hybridized carbons (Fsp3) is 0.588. The fourth-order valence-electron chi connectivity index (χ4n) is 2.03. The van der Waals surface area contributed by atoms with Crippen LogP contribution in [-0.4, -0.2) is 28.5 Å². The van der Waals surface area contributed by atoms with Crippen molar-refractivity contribution in [2.75, 3.05) is 11.4 Å². The van der Waals surface area contributed by atoms with Gasteiger partial charge >= 0.3 is 6.09 Å². The lowest BCUT2D eigenvalue weighted by Crippen LogP contribution is -2.37. The van der Waals surface area contributed by atoms with Crippen LogP contribution in [0.3, 0.4) is 0 Å². The third-order valence-corrected chi connectivity index (χ3v) is 3.11.